The molecule has 2 rings (SSSR count). The fourth-order valence-electron chi connectivity index (χ4n) is 2.05. The first-order chi connectivity index (χ1) is 10.5. The Labute approximate surface area is 132 Å². The molecule has 0 saturated heterocycles. The number of halogens is 1. The molecular formula is C16H16ClNO4. The lowest BCUT2D eigenvalue weighted by atomic mass is 10.0. The van der Waals surface area contributed by atoms with Crippen LogP contribution in [0.2, 0.25) is 5.02 Å². The van der Waals surface area contributed by atoms with Crippen molar-refractivity contribution in [3.8, 4) is 0 Å². The average molecular weight is 322 g/mol. The minimum Gasteiger partial charge on any atom is -0.475 e. The Balaban J connectivity index is 1.87. The van der Waals surface area contributed by atoms with Crippen molar-refractivity contribution in [1.29, 1.82) is 0 Å². The van der Waals surface area contributed by atoms with Crippen molar-refractivity contribution < 1.29 is 19.1 Å². The quantitative estimate of drug-likeness (QED) is 0.856. The van der Waals surface area contributed by atoms with Crippen LogP contribution in [0, 0.1) is 5.92 Å². The number of benzene rings is 1. The predicted molar refractivity (Wildman–Crippen MR) is 81.8 cm³/mol. The second-order valence-corrected chi connectivity index (χ2v) is 5.46. The van der Waals surface area contributed by atoms with E-state index in [1.54, 1.807) is 6.07 Å². The molecule has 0 saturated carbocycles. The Morgan fingerprint density at radius 3 is 2.73 bits per heavy atom. The SMILES string of the molecule is CC(Cc1cccc(Cl)c1)C(=O)NCc1ccc(C(=O)O)o1. The van der Waals surface area contributed by atoms with E-state index in [1.807, 2.05) is 25.1 Å². The summed E-state index contributed by atoms with van der Waals surface area (Å²) in [5.74, 6) is -1.23. The molecule has 0 spiro atoms. The molecule has 1 amide bonds. The van der Waals surface area contributed by atoms with Crippen molar-refractivity contribution in [3.05, 3.63) is 58.5 Å². The maximum atomic E-state index is 12.0. The summed E-state index contributed by atoms with van der Waals surface area (Å²) in [6.45, 7) is 1.98. The molecule has 0 bridgehead atoms. The van der Waals surface area contributed by atoms with E-state index in [0.717, 1.165) is 5.56 Å². The van der Waals surface area contributed by atoms with Crippen molar-refractivity contribution in [2.24, 2.45) is 5.92 Å². The molecule has 0 aliphatic heterocycles. The van der Waals surface area contributed by atoms with E-state index in [9.17, 15) is 9.59 Å². The lowest BCUT2D eigenvalue weighted by Gasteiger charge is -2.11. The van der Waals surface area contributed by atoms with Crippen molar-refractivity contribution in [2.75, 3.05) is 0 Å². The number of rotatable bonds is 6. The first-order valence-corrected chi connectivity index (χ1v) is 7.17. The molecule has 1 atom stereocenters. The first-order valence-electron chi connectivity index (χ1n) is 6.80. The van der Waals surface area contributed by atoms with Crippen LogP contribution in [-0.2, 0) is 17.8 Å². The van der Waals surface area contributed by atoms with Gasteiger partial charge in [-0.2, -0.15) is 0 Å². The van der Waals surface area contributed by atoms with Gasteiger partial charge in [-0.15, -0.1) is 0 Å². The van der Waals surface area contributed by atoms with Crippen molar-refractivity contribution in [2.45, 2.75) is 19.9 Å². The van der Waals surface area contributed by atoms with Crippen LogP contribution >= 0.6 is 11.6 Å². The van der Waals surface area contributed by atoms with Gasteiger partial charge in [-0.25, -0.2) is 4.79 Å². The Hall–Kier alpha value is -2.27. The number of hydrogen-bond acceptors (Lipinski definition) is 3. The number of nitrogens with one attached hydrogen (secondary N) is 1. The number of carbonyl (C=O) groups is 2. The van der Waals surface area contributed by atoms with Gasteiger partial charge in [0.15, 0.2) is 0 Å². The molecule has 0 radical (unpaired) electrons. The molecule has 1 unspecified atom stereocenters. The maximum Gasteiger partial charge on any atom is 0.371 e. The van der Waals surface area contributed by atoms with E-state index in [-0.39, 0.29) is 24.1 Å². The van der Waals surface area contributed by atoms with Crippen molar-refractivity contribution >= 4 is 23.5 Å². The van der Waals surface area contributed by atoms with Crippen LogP contribution in [-0.4, -0.2) is 17.0 Å². The van der Waals surface area contributed by atoms with Gasteiger partial charge in [0.2, 0.25) is 11.7 Å². The summed E-state index contributed by atoms with van der Waals surface area (Å²) in [5, 5.41) is 12.1. The molecule has 22 heavy (non-hydrogen) atoms. The van der Waals surface area contributed by atoms with Gasteiger partial charge in [-0.05, 0) is 36.2 Å². The number of amides is 1. The maximum absolute atomic E-state index is 12.0. The number of hydrogen-bond donors (Lipinski definition) is 2. The van der Waals surface area contributed by atoms with Gasteiger partial charge in [0, 0.05) is 10.9 Å². The Kier molecular flexibility index (Phi) is 5.22. The first kappa shape index (κ1) is 16.1. The van der Waals surface area contributed by atoms with Crippen LogP contribution in [0.5, 0.6) is 0 Å². The molecular weight excluding hydrogens is 306 g/mol. The van der Waals surface area contributed by atoms with E-state index in [0.29, 0.717) is 17.2 Å². The summed E-state index contributed by atoms with van der Waals surface area (Å²) in [7, 11) is 0. The normalized spacial score (nSPS) is 11.9. The molecule has 1 aromatic carbocycles. The lowest BCUT2D eigenvalue weighted by Crippen LogP contribution is -2.29. The molecule has 0 fully saturated rings. The molecule has 2 N–H and O–H groups in total. The molecule has 2 aromatic rings. The number of aromatic carboxylic acids is 1. The van der Waals surface area contributed by atoms with Gasteiger partial charge in [-0.1, -0.05) is 30.7 Å². The summed E-state index contributed by atoms with van der Waals surface area (Å²) >= 11 is 5.92. The summed E-state index contributed by atoms with van der Waals surface area (Å²) in [6, 6.07) is 10.3. The van der Waals surface area contributed by atoms with Gasteiger partial charge in [0.05, 0.1) is 6.54 Å². The molecule has 1 heterocycles. The third-order valence-electron chi connectivity index (χ3n) is 3.19. The van der Waals surface area contributed by atoms with Gasteiger partial charge in [0.1, 0.15) is 5.76 Å². The van der Waals surface area contributed by atoms with Crippen molar-refractivity contribution in [1.82, 2.24) is 5.32 Å². The highest BCUT2D eigenvalue weighted by atomic mass is 35.5. The van der Waals surface area contributed by atoms with Crippen LogP contribution in [0.25, 0.3) is 0 Å². The third kappa shape index (κ3) is 4.36. The molecule has 0 aliphatic carbocycles. The van der Waals surface area contributed by atoms with Crippen LogP contribution in [0.1, 0.15) is 28.8 Å². The van der Waals surface area contributed by atoms with E-state index >= 15 is 0 Å². The molecule has 1 aromatic heterocycles. The van der Waals surface area contributed by atoms with Gasteiger partial charge >= 0.3 is 5.97 Å². The summed E-state index contributed by atoms with van der Waals surface area (Å²) in [6.07, 6.45) is 0.574. The van der Waals surface area contributed by atoms with Gasteiger partial charge in [0.25, 0.3) is 0 Å². The second-order valence-electron chi connectivity index (χ2n) is 5.02. The van der Waals surface area contributed by atoms with Crippen molar-refractivity contribution in [3.63, 3.8) is 0 Å². The molecule has 5 nitrogen and oxygen atoms in total. The average Bonchev–Trinajstić information content (AvgIpc) is 2.93. The third-order valence-corrected chi connectivity index (χ3v) is 3.42. The fourth-order valence-corrected chi connectivity index (χ4v) is 2.26. The van der Waals surface area contributed by atoms with Crippen LogP contribution in [0.15, 0.2) is 40.8 Å². The standard InChI is InChI=1S/C16H16ClNO4/c1-10(7-11-3-2-4-12(17)8-11)15(19)18-9-13-5-6-14(22-13)16(20)21/h2-6,8,10H,7,9H2,1H3,(H,18,19)(H,20,21). The highest BCUT2D eigenvalue weighted by molar-refractivity contribution is 6.30. The topological polar surface area (TPSA) is 79.5 Å². The molecule has 0 aliphatic rings. The molecule has 116 valence electrons. The zero-order valence-corrected chi connectivity index (χ0v) is 12.8. The fraction of sp³-hybridized carbons (Fsp3) is 0.250. The number of carboxylic acids is 1. The highest BCUT2D eigenvalue weighted by Gasteiger charge is 2.15. The van der Waals surface area contributed by atoms with E-state index in [1.165, 1.54) is 12.1 Å². The summed E-state index contributed by atoms with van der Waals surface area (Å²) in [5.41, 5.74) is 0.987. The Bertz CT molecular complexity index is 680. The van der Waals surface area contributed by atoms with Gasteiger partial charge in [-0.3, -0.25) is 4.79 Å². The largest absolute Gasteiger partial charge is 0.475 e. The Morgan fingerprint density at radius 1 is 1.32 bits per heavy atom. The van der Waals surface area contributed by atoms with Gasteiger partial charge < -0.3 is 14.8 Å². The number of furan rings is 1. The van der Waals surface area contributed by atoms with E-state index in [2.05, 4.69) is 5.32 Å². The lowest BCUT2D eigenvalue weighted by molar-refractivity contribution is -0.124. The van der Waals surface area contributed by atoms with Crippen LogP contribution < -0.4 is 5.32 Å². The van der Waals surface area contributed by atoms with Crippen LogP contribution in [0.3, 0.4) is 0 Å². The second kappa shape index (κ2) is 7.13. The minimum atomic E-state index is -1.13. The van der Waals surface area contributed by atoms with E-state index in [4.69, 9.17) is 21.1 Å². The zero-order chi connectivity index (χ0) is 16.1. The molecule has 6 heteroatoms. The monoisotopic (exact) mass is 321 g/mol. The summed E-state index contributed by atoms with van der Waals surface area (Å²) in [4.78, 5) is 22.7. The smallest absolute Gasteiger partial charge is 0.371 e. The predicted octanol–water partition coefficient (Wildman–Crippen LogP) is 3.13. The minimum absolute atomic E-state index is 0.131. The highest BCUT2D eigenvalue weighted by Crippen LogP contribution is 2.15. The summed E-state index contributed by atoms with van der Waals surface area (Å²) < 4.78 is 5.08. The van der Waals surface area contributed by atoms with Crippen LogP contribution in [0.4, 0.5) is 0 Å². The Morgan fingerprint density at radius 2 is 2.09 bits per heavy atom. The number of carbonyl (C=O) groups excluding carboxylic acids is 1. The zero-order valence-electron chi connectivity index (χ0n) is 12.0. The number of carboxylic acid groups (broad SMARTS) is 1. The van der Waals surface area contributed by atoms with E-state index < -0.39 is 5.97 Å².